The number of nitrogens with zero attached hydrogens (tertiary/aromatic N) is 5. The minimum Gasteiger partial charge on any atom is -0.483 e. The van der Waals surface area contributed by atoms with Gasteiger partial charge in [0, 0.05) is 118 Å². The first kappa shape index (κ1) is 82.9. The Morgan fingerprint density at radius 2 is 1.00 bits per heavy atom. The predicted molar refractivity (Wildman–Crippen MR) is 364 cm³/mol. The maximum atomic E-state index is 13.9. The summed E-state index contributed by atoms with van der Waals surface area (Å²) in [5, 5.41) is 87.4. The van der Waals surface area contributed by atoms with Crippen molar-refractivity contribution in [1.29, 1.82) is 0 Å². The van der Waals surface area contributed by atoms with Gasteiger partial charge in [-0.25, -0.2) is 24.7 Å². The summed E-state index contributed by atoms with van der Waals surface area (Å²) in [4.78, 5) is 65.1. The van der Waals surface area contributed by atoms with Crippen LogP contribution in [0, 0.1) is 11.8 Å². The molecule has 4 saturated heterocycles. The number of carbonyl (C=O) groups is 4. The molecule has 97 heavy (non-hydrogen) atoms. The van der Waals surface area contributed by atoms with E-state index in [1.165, 1.54) is 72.2 Å². The third-order valence-electron chi connectivity index (χ3n) is 16.1. The Labute approximate surface area is 584 Å². The summed E-state index contributed by atoms with van der Waals surface area (Å²) in [7, 11) is 1.92. The van der Waals surface area contributed by atoms with Crippen LogP contribution < -0.4 is 16.0 Å². The lowest BCUT2D eigenvalue weighted by molar-refractivity contribution is -0.205. The molecule has 538 valence electrons. The zero-order valence-corrected chi connectivity index (χ0v) is 58.6. The molecular weight excluding hydrogens is 1400 g/mol. The number of aliphatic hydroxyl groups excluding tert-OH is 6. The number of nitrogens with one attached hydrogen (secondary N) is 3. The van der Waals surface area contributed by atoms with E-state index in [1.807, 2.05) is 86.5 Å². The summed E-state index contributed by atoms with van der Waals surface area (Å²) in [6, 6.07) is 13.5. The van der Waals surface area contributed by atoms with Gasteiger partial charge in [0.05, 0.1) is 37.5 Å². The first-order valence-electron chi connectivity index (χ1n) is 30.1. The van der Waals surface area contributed by atoms with Crippen molar-refractivity contribution >= 4 is 95.6 Å². The number of thioether (sulfide) groups is 4. The number of fused-ring (bicyclic) bond motifs is 2. The van der Waals surface area contributed by atoms with E-state index in [-0.39, 0.29) is 77.1 Å². The number of allylic oxidation sites excluding steroid dienone is 2. The Balaban J connectivity index is 0.000000287. The van der Waals surface area contributed by atoms with Crippen LogP contribution in [0.2, 0.25) is 0 Å². The fraction of sp³-hybridized carbons (Fsp3) is 0.548. The second-order valence-corrected chi connectivity index (χ2v) is 27.8. The van der Waals surface area contributed by atoms with Gasteiger partial charge >= 0.3 is 12.1 Å². The zero-order valence-electron chi connectivity index (χ0n) is 53.7. The quantitative estimate of drug-likeness (QED) is 0.0283. The van der Waals surface area contributed by atoms with Gasteiger partial charge in [0.2, 0.25) is 11.8 Å². The molecule has 0 radical (unpaired) electrons. The standard InChI is InChI=1S/C29H38N4O6S2.C28H36N4O6S2.C2HF3O2.2CH3FS.CH2O2/c1-16(41-20-9-7-17(8-10-20)19-12-30-15-31-13-19)21(27-24(35)23(34)25(36)29(39-27)40-3)32-28(37)22-26-18(14-33(22)2)6-4-5-11-38-26;1-15(40-19-8-6-16(7-9-19)18-11-29-14-30-12-18)20(26-23(34)22(33)24(35)28(38-26)39-2)32-27(36)21-25-17(13-31-21)5-3-4-10-37-25;3-2(4,5)1(6)7;2*1-3-2;2-1-3/h4-5,7-10,12-13,15-16,18,21-27,29,34-36H,6,11,14H2,1-3H3,(H,32,37);3-4,6-9,11-12,14-15,17,20-26,28,31,33-35H,5,10,13H2,1-2H3,(H,32,36);(H,6,7);2*1H3;1H,(H,2,3)/t16-,18-,21+,22-,23+,24?,25+,26+,27+,29?;15-,17-,20+,21-,22+,23?,24+,25+,26+,28?;;;;/m00..../s1. The summed E-state index contributed by atoms with van der Waals surface area (Å²) in [5.74, 6) is -2.81. The molecule has 4 aromatic rings. The Morgan fingerprint density at radius 3 is 1.39 bits per heavy atom. The third-order valence-corrected chi connectivity index (χ3v) is 20.2. The number of likely N-dealkylation sites (N-methyl/N-ethyl adjacent to an activating group) is 1. The summed E-state index contributed by atoms with van der Waals surface area (Å²) in [6.45, 7) is 5.99. The number of carboxylic acids is 1. The average Bonchev–Trinajstić information content (AvgIpc) is 1.68. The molecule has 2 aromatic carbocycles. The van der Waals surface area contributed by atoms with Crippen LogP contribution in [0.5, 0.6) is 0 Å². The first-order valence-corrected chi connectivity index (χ1v) is 36.7. The summed E-state index contributed by atoms with van der Waals surface area (Å²) < 4.78 is 76.5. The van der Waals surface area contributed by atoms with E-state index in [1.54, 1.807) is 37.3 Å². The van der Waals surface area contributed by atoms with Crippen LogP contribution in [0.25, 0.3) is 22.3 Å². The number of halogens is 5. The molecule has 2 aromatic heterocycles. The Morgan fingerprint density at radius 1 is 0.619 bits per heavy atom. The van der Waals surface area contributed by atoms with Gasteiger partial charge in [-0.3, -0.25) is 19.3 Å². The van der Waals surface area contributed by atoms with Crippen molar-refractivity contribution in [2.45, 2.75) is 149 Å². The fourth-order valence-corrected chi connectivity index (χ4v) is 15.0. The maximum Gasteiger partial charge on any atom is 0.490 e. The molecular formula is C62H83F5N8O16S6. The van der Waals surface area contributed by atoms with Gasteiger partial charge < -0.3 is 75.8 Å². The molecule has 24 nitrogen and oxygen atoms in total. The molecule has 0 aliphatic carbocycles. The van der Waals surface area contributed by atoms with Crippen molar-refractivity contribution in [2.24, 2.45) is 11.8 Å². The minimum absolute atomic E-state index is 0.197. The molecule has 35 heteroatoms. The van der Waals surface area contributed by atoms with E-state index < -0.39 is 96.0 Å². The normalized spacial score (nSPS) is 29.3. The summed E-state index contributed by atoms with van der Waals surface area (Å²) in [6.07, 6.45) is 10.5. The number of hydrogen-bond donors (Lipinski definition) is 11. The number of aromatic nitrogens is 4. The average molecular weight is 1480 g/mol. The second-order valence-electron chi connectivity index (χ2n) is 22.4. The molecule has 8 heterocycles. The lowest BCUT2D eigenvalue weighted by atomic mass is 9.92. The van der Waals surface area contributed by atoms with Crippen molar-refractivity contribution in [1.82, 2.24) is 40.8 Å². The number of carboxylic acid groups (broad SMARTS) is 2. The highest BCUT2D eigenvalue weighted by Crippen LogP contribution is 2.38. The fourth-order valence-electron chi connectivity index (χ4n) is 11.5. The van der Waals surface area contributed by atoms with E-state index in [2.05, 4.69) is 48.0 Å². The van der Waals surface area contributed by atoms with Gasteiger partial charge in [0.1, 0.15) is 84.4 Å². The molecule has 6 aliphatic rings. The van der Waals surface area contributed by atoms with Crippen molar-refractivity contribution in [3.05, 3.63) is 110 Å². The molecule has 10 rings (SSSR count). The number of ether oxygens (including phenoxy) is 4. The molecule has 0 saturated carbocycles. The van der Waals surface area contributed by atoms with Crippen LogP contribution in [-0.4, -0.2) is 261 Å². The van der Waals surface area contributed by atoms with E-state index in [0.717, 1.165) is 51.4 Å². The summed E-state index contributed by atoms with van der Waals surface area (Å²) in [5.41, 5.74) is 2.27. The topological polar surface area (TPSA) is 358 Å². The highest BCUT2D eigenvalue weighted by Gasteiger charge is 2.52. The van der Waals surface area contributed by atoms with E-state index >= 15 is 0 Å². The number of carbonyl (C=O) groups excluding carboxylic acids is 2. The molecule has 11 N–H and O–H groups in total. The number of aliphatic hydroxyl groups is 6. The Hall–Kier alpha value is -4.77. The van der Waals surface area contributed by atoms with Crippen molar-refractivity contribution < 1.29 is 99.9 Å². The Bertz CT molecular complexity index is 3050. The van der Waals surface area contributed by atoms with Crippen molar-refractivity contribution in [2.75, 3.05) is 58.4 Å². The van der Waals surface area contributed by atoms with Gasteiger partial charge in [-0.2, -0.15) is 20.9 Å². The van der Waals surface area contributed by atoms with E-state index in [4.69, 9.17) is 38.7 Å². The second kappa shape index (κ2) is 41.8. The maximum absolute atomic E-state index is 13.9. The highest BCUT2D eigenvalue weighted by molar-refractivity contribution is 8.00. The molecule has 4 fully saturated rings. The zero-order chi connectivity index (χ0) is 71.5. The Kier molecular flexibility index (Phi) is 35.8. The number of amides is 2. The van der Waals surface area contributed by atoms with Crippen LogP contribution in [0.15, 0.2) is 120 Å². The molecule has 6 aliphatic heterocycles. The van der Waals surface area contributed by atoms with Crippen LogP contribution in [0.4, 0.5) is 20.9 Å². The lowest BCUT2D eigenvalue weighted by Gasteiger charge is -2.45. The first-order chi connectivity index (χ1) is 46.3. The number of hydrogen-bond acceptors (Lipinski definition) is 26. The molecule has 20 atom stereocenters. The van der Waals surface area contributed by atoms with Gasteiger partial charge in [0.25, 0.3) is 6.47 Å². The SMILES string of the molecule is CSC1O[C@H]([C@H](NC(=O)[C@@H]2[C@@H]3OCC=CC[C@H]3CN2C)[C@H](C)Sc2ccc(-c3cncnc3)cc2)C(O)[C@@H](O)[C@H]1O.CSC1O[C@H]([C@H](NC(=O)[C@H]2NC[C@@H]3CC=CCO[C@H]32)[C@H](C)Sc2ccc(-c3cncnc3)cc2)C(O)[C@@H](O)[C@H]1O.CSF.CSF.O=C(O)C(F)(F)F.O=CO. The molecule has 2 amide bonds. The number of alkyl halides is 3. The molecule has 0 spiro atoms. The van der Waals surface area contributed by atoms with Crippen LogP contribution in [-0.2, 0) is 38.1 Å². The lowest BCUT2D eigenvalue weighted by Crippen LogP contribution is -2.65. The predicted octanol–water partition coefficient (Wildman–Crippen LogP) is 5.57. The van der Waals surface area contributed by atoms with Crippen molar-refractivity contribution in [3.63, 3.8) is 0 Å². The minimum atomic E-state index is -5.08. The number of aliphatic carboxylic acids is 1. The van der Waals surface area contributed by atoms with Gasteiger partial charge in [-0.05, 0) is 67.8 Å². The molecule has 0 bridgehead atoms. The van der Waals surface area contributed by atoms with Crippen molar-refractivity contribution in [3.8, 4) is 22.3 Å². The number of likely N-dealkylation sites (tertiary alicyclic amines) is 1. The smallest absolute Gasteiger partial charge is 0.483 e. The largest absolute Gasteiger partial charge is 0.490 e. The number of rotatable bonds is 16. The monoisotopic (exact) mass is 1480 g/mol. The molecule has 4 unspecified atom stereocenters. The van der Waals surface area contributed by atoms with E-state index in [9.17, 15) is 61.2 Å². The van der Waals surface area contributed by atoms with Crippen LogP contribution in [0.3, 0.4) is 0 Å². The third kappa shape index (κ3) is 23.9. The number of benzene rings is 2. The highest BCUT2D eigenvalue weighted by atomic mass is 32.2. The summed E-state index contributed by atoms with van der Waals surface area (Å²) >= 11 is 6.05. The van der Waals surface area contributed by atoms with Gasteiger partial charge in [0.15, 0.2) is 0 Å². The van der Waals surface area contributed by atoms with Gasteiger partial charge in [-0.15, -0.1) is 47.0 Å². The van der Waals surface area contributed by atoms with Crippen LogP contribution in [0.1, 0.15) is 26.7 Å². The van der Waals surface area contributed by atoms with E-state index in [0.29, 0.717) is 19.8 Å². The van der Waals surface area contributed by atoms with Gasteiger partial charge in [-0.1, -0.05) is 62.4 Å². The van der Waals surface area contributed by atoms with Crippen LogP contribution >= 0.6 is 71.3 Å².